The molecule has 0 bridgehead atoms. The van der Waals surface area contributed by atoms with Crippen molar-refractivity contribution in [3.63, 3.8) is 0 Å². The molecule has 3 nitrogen and oxygen atoms in total. The molecule has 4 rings (SSSR count). The van der Waals surface area contributed by atoms with E-state index in [0.29, 0.717) is 5.92 Å². The predicted molar refractivity (Wildman–Crippen MR) is 98.0 cm³/mol. The standard InChI is InChI=1S/C21H20N2O/c1-13(2)8-15-9-19(23-10-14(15)3)18-12-22-11-17-16-6-4-5-7-20(16)24-21(17)18/h4-7,9-13H,8H2,1-3H3. The van der Waals surface area contributed by atoms with E-state index in [4.69, 9.17) is 4.42 Å². The Morgan fingerprint density at radius 1 is 1.04 bits per heavy atom. The van der Waals surface area contributed by atoms with Crippen LogP contribution in [0.2, 0.25) is 0 Å². The lowest BCUT2D eigenvalue weighted by Crippen LogP contribution is -1.99. The molecule has 0 saturated carbocycles. The number of para-hydroxylation sites is 1. The van der Waals surface area contributed by atoms with Gasteiger partial charge in [-0.3, -0.25) is 9.97 Å². The lowest BCUT2D eigenvalue weighted by molar-refractivity contribution is 0.644. The Bertz CT molecular complexity index is 1030. The van der Waals surface area contributed by atoms with E-state index in [2.05, 4.69) is 42.9 Å². The fourth-order valence-electron chi connectivity index (χ4n) is 3.19. The number of aryl methyl sites for hydroxylation is 1. The lowest BCUT2D eigenvalue weighted by atomic mass is 9.98. The van der Waals surface area contributed by atoms with Crippen molar-refractivity contribution in [3.05, 3.63) is 60.0 Å². The van der Waals surface area contributed by atoms with Crippen LogP contribution in [0.3, 0.4) is 0 Å². The summed E-state index contributed by atoms with van der Waals surface area (Å²) in [5.41, 5.74) is 6.19. The number of pyridine rings is 2. The van der Waals surface area contributed by atoms with E-state index in [1.54, 1.807) is 0 Å². The van der Waals surface area contributed by atoms with Gasteiger partial charge in [0.1, 0.15) is 11.2 Å². The third kappa shape index (κ3) is 2.46. The first-order chi connectivity index (χ1) is 11.6. The maximum atomic E-state index is 6.11. The van der Waals surface area contributed by atoms with Gasteiger partial charge in [-0.15, -0.1) is 0 Å². The zero-order chi connectivity index (χ0) is 16.7. The summed E-state index contributed by atoms with van der Waals surface area (Å²) >= 11 is 0. The Morgan fingerprint density at radius 3 is 2.71 bits per heavy atom. The molecule has 3 heteroatoms. The minimum atomic E-state index is 0.610. The highest BCUT2D eigenvalue weighted by Crippen LogP contribution is 2.34. The first-order valence-electron chi connectivity index (χ1n) is 8.34. The summed E-state index contributed by atoms with van der Waals surface area (Å²) in [5, 5.41) is 2.13. The van der Waals surface area contributed by atoms with Crippen LogP contribution < -0.4 is 0 Å². The van der Waals surface area contributed by atoms with Crippen molar-refractivity contribution in [2.24, 2.45) is 5.92 Å². The molecule has 0 N–H and O–H groups in total. The molecule has 0 atom stereocenters. The number of hydrogen-bond donors (Lipinski definition) is 0. The number of nitrogens with zero attached hydrogens (tertiary/aromatic N) is 2. The van der Waals surface area contributed by atoms with Gasteiger partial charge in [0, 0.05) is 29.4 Å². The minimum Gasteiger partial charge on any atom is -0.455 e. The van der Waals surface area contributed by atoms with Gasteiger partial charge in [-0.05, 0) is 42.5 Å². The van der Waals surface area contributed by atoms with Crippen LogP contribution in [0.15, 0.2) is 53.3 Å². The maximum Gasteiger partial charge on any atom is 0.147 e. The van der Waals surface area contributed by atoms with E-state index < -0.39 is 0 Å². The van der Waals surface area contributed by atoms with Gasteiger partial charge >= 0.3 is 0 Å². The Morgan fingerprint density at radius 2 is 1.88 bits per heavy atom. The van der Waals surface area contributed by atoms with Gasteiger partial charge in [-0.25, -0.2) is 0 Å². The highest BCUT2D eigenvalue weighted by atomic mass is 16.3. The molecule has 0 aliphatic rings. The quantitative estimate of drug-likeness (QED) is 0.497. The third-order valence-electron chi connectivity index (χ3n) is 4.40. The fraction of sp³-hybridized carbons (Fsp3) is 0.238. The number of benzene rings is 1. The highest BCUT2D eigenvalue weighted by molar-refractivity contribution is 6.08. The molecule has 4 aromatic rings. The second kappa shape index (κ2) is 5.75. The van der Waals surface area contributed by atoms with Crippen LogP contribution in [0.5, 0.6) is 0 Å². The summed E-state index contributed by atoms with van der Waals surface area (Å²) in [6.07, 6.45) is 6.72. The van der Waals surface area contributed by atoms with Crippen molar-refractivity contribution >= 4 is 21.9 Å². The molecule has 0 unspecified atom stereocenters. The average Bonchev–Trinajstić information content (AvgIpc) is 2.95. The van der Waals surface area contributed by atoms with Crippen molar-refractivity contribution < 1.29 is 4.42 Å². The number of furan rings is 1. The van der Waals surface area contributed by atoms with Crippen LogP contribution in [0, 0.1) is 12.8 Å². The second-order valence-electron chi connectivity index (χ2n) is 6.76. The van der Waals surface area contributed by atoms with Crippen LogP contribution in [-0.2, 0) is 6.42 Å². The average molecular weight is 316 g/mol. The van der Waals surface area contributed by atoms with Crippen molar-refractivity contribution in [1.82, 2.24) is 9.97 Å². The zero-order valence-electron chi connectivity index (χ0n) is 14.2. The van der Waals surface area contributed by atoms with Crippen molar-refractivity contribution in [3.8, 4) is 11.3 Å². The molecule has 0 spiro atoms. The second-order valence-corrected chi connectivity index (χ2v) is 6.76. The summed E-state index contributed by atoms with van der Waals surface area (Å²) in [6, 6.07) is 10.3. The number of hydrogen-bond acceptors (Lipinski definition) is 3. The van der Waals surface area contributed by atoms with E-state index in [-0.39, 0.29) is 0 Å². The molecule has 120 valence electrons. The largest absolute Gasteiger partial charge is 0.455 e. The van der Waals surface area contributed by atoms with Crippen molar-refractivity contribution in [2.45, 2.75) is 27.2 Å². The summed E-state index contributed by atoms with van der Waals surface area (Å²) < 4.78 is 6.11. The number of aromatic nitrogens is 2. The molecule has 1 aromatic carbocycles. The third-order valence-corrected chi connectivity index (χ3v) is 4.40. The number of fused-ring (bicyclic) bond motifs is 3. The Labute approximate surface area is 141 Å². The molecule has 3 aromatic heterocycles. The Hall–Kier alpha value is -2.68. The summed E-state index contributed by atoms with van der Waals surface area (Å²) in [5.74, 6) is 0.610. The van der Waals surface area contributed by atoms with Gasteiger partial charge in [-0.2, -0.15) is 0 Å². The van der Waals surface area contributed by atoms with Gasteiger partial charge in [0.15, 0.2) is 0 Å². The summed E-state index contributed by atoms with van der Waals surface area (Å²) in [7, 11) is 0. The summed E-state index contributed by atoms with van der Waals surface area (Å²) in [6.45, 7) is 6.59. The summed E-state index contributed by atoms with van der Waals surface area (Å²) in [4.78, 5) is 9.06. The van der Waals surface area contributed by atoms with E-state index >= 15 is 0 Å². The van der Waals surface area contributed by atoms with Gasteiger partial charge in [0.2, 0.25) is 0 Å². The smallest absolute Gasteiger partial charge is 0.147 e. The Kier molecular flexibility index (Phi) is 3.57. The molecular weight excluding hydrogens is 296 g/mol. The topological polar surface area (TPSA) is 38.9 Å². The molecule has 0 radical (unpaired) electrons. The van der Waals surface area contributed by atoms with E-state index in [0.717, 1.165) is 39.6 Å². The zero-order valence-corrected chi connectivity index (χ0v) is 14.2. The highest BCUT2D eigenvalue weighted by Gasteiger charge is 2.14. The SMILES string of the molecule is Cc1cnc(-c2cncc3c2oc2ccccc23)cc1CC(C)C. The van der Waals surface area contributed by atoms with E-state index in [1.807, 2.05) is 36.8 Å². The van der Waals surface area contributed by atoms with Gasteiger partial charge in [-0.1, -0.05) is 32.0 Å². The van der Waals surface area contributed by atoms with Crippen LogP contribution in [-0.4, -0.2) is 9.97 Å². The molecule has 0 fully saturated rings. The molecule has 0 aliphatic heterocycles. The monoisotopic (exact) mass is 316 g/mol. The Balaban J connectivity index is 1.93. The molecule has 3 heterocycles. The van der Waals surface area contributed by atoms with Crippen LogP contribution in [0.4, 0.5) is 0 Å². The van der Waals surface area contributed by atoms with E-state index in [1.165, 1.54) is 11.1 Å². The predicted octanol–water partition coefficient (Wildman–Crippen LogP) is 5.55. The normalized spacial score (nSPS) is 11.7. The first-order valence-corrected chi connectivity index (χ1v) is 8.34. The van der Waals surface area contributed by atoms with Crippen molar-refractivity contribution in [2.75, 3.05) is 0 Å². The van der Waals surface area contributed by atoms with Gasteiger partial charge in [0.05, 0.1) is 11.3 Å². The molecular formula is C21H20N2O. The van der Waals surface area contributed by atoms with Gasteiger partial charge < -0.3 is 4.42 Å². The molecule has 0 saturated heterocycles. The lowest BCUT2D eigenvalue weighted by Gasteiger charge is -2.10. The van der Waals surface area contributed by atoms with Gasteiger partial charge in [0.25, 0.3) is 0 Å². The molecule has 24 heavy (non-hydrogen) atoms. The van der Waals surface area contributed by atoms with Crippen molar-refractivity contribution in [1.29, 1.82) is 0 Å². The van der Waals surface area contributed by atoms with Crippen LogP contribution in [0.25, 0.3) is 33.2 Å². The first kappa shape index (κ1) is 14.9. The van der Waals surface area contributed by atoms with Crippen LogP contribution >= 0.6 is 0 Å². The van der Waals surface area contributed by atoms with E-state index in [9.17, 15) is 0 Å². The molecule has 0 amide bonds. The maximum absolute atomic E-state index is 6.11. The molecule has 0 aliphatic carbocycles. The minimum absolute atomic E-state index is 0.610. The number of rotatable bonds is 3. The van der Waals surface area contributed by atoms with Crippen LogP contribution in [0.1, 0.15) is 25.0 Å². The fourth-order valence-corrected chi connectivity index (χ4v) is 3.19.